The topological polar surface area (TPSA) is 404 Å². The number of hydrogen-bond acceptors (Lipinski definition) is 25. The number of thioether (sulfide) groups is 8. The van der Waals surface area contributed by atoms with Crippen molar-refractivity contribution in [2.75, 3.05) is 56.7 Å². The van der Waals surface area contributed by atoms with Crippen molar-refractivity contribution in [2.45, 2.75) is 179 Å². The standard InChI is InChI=1S/C13H20O4S.C12H19NO2S.C12H18O3S.C12H18O2S2.C11H18N2O2S.C11H16O4S.C11H16O2S3/c1-5-10-7-11(6-2)18-13(10,9(4)14)17-8(3)12(15)16;2*1-3-9-7-10(4-2)16-12(9,8-13)6-5-11(14)15;1-3-9-7-10(4-2)16-12(9,8-15)6-5-11(13)14;1-3-8-5-9(4-2)16-11(8,7-12)13-6-10(14)15;1-3-8-5-9(4-2)16-11(8,7-12)15-6-10(13)14;1-3-8-5-9(4-2)16-11(8,7-14)15-6-10(12)13/h5-6,8-11,14H,1-2,7H2,3-4H3,(H,15,16);3-4,9-10H,1-2,5-8,13H2,(H,14,15);3-4,9-10,13H,1-2,5-8H2,(H,14,15);3-4,9-10,15H,1-2,5-8H2,(H,13,14);3-4,8-9,13H,1-2,5-7,12H2,(H,14,15);3-4,8-9,12H,1-2,5-7H2,(H,13,14);3-4,8-9,14H,1-2,5-7H2,(H,12,13)/t8-,9-,10?,11?,13+;3*9?,10?,12-;3*8?,9?,11-/m0111111/s1. The number of thiol groups is 2. The van der Waals surface area contributed by atoms with Crippen LogP contribution in [0.15, 0.2) is 177 Å². The first-order valence-electron chi connectivity index (χ1n) is 37.1. The van der Waals surface area contributed by atoms with Crippen LogP contribution in [-0.2, 0) is 43.0 Å². The first kappa shape index (κ1) is 108. The second kappa shape index (κ2) is 53.5. The maximum Gasteiger partial charge on any atom is 0.332 e. The Morgan fingerprint density at radius 2 is 0.825 bits per heavy atom. The summed E-state index contributed by atoms with van der Waals surface area (Å²) in [6, 6.07) is 0. The fourth-order valence-corrected chi connectivity index (χ4v) is 28.2. The summed E-state index contributed by atoms with van der Waals surface area (Å²) >= 11 is 21.7. The van der Waals surface area contributed by atoms with Crippen LogP contribution >= 0.6 is 119 Å². The molecular weight excluding hydrogens is 1650 g/mol. The molecule has 0 aliphatic carbocycles. The van der Waals surface area contributed by atoms with Gasteiger partial charge in [0.1, 0.15) is 16.5 Å². The summed E-state index contributed by atoms with van der Waals surface area (Å²) in [6.07, 6.45) is 32.6. The van der Waals surface area contributed by atoms with Crippen molar-refractivity contribution in [3.63, 3.8) is 0 Å². The van der Waals surface area contributed by atoms with E-state index in [2.05, 4.69) is 123 Å². The Labute approximate surface area is 720 Å². The fourth-order valence-electron chi connectivity index (χ4n) is 14.1. The van der Waals surface area contributed by atoms with Crippen molar-refractivity contribution in [3.8, 4) is 0 Å². The Hall–Kier alpha value is -4.17. The third kappa shape index (κ3) is 31.4. The molecule has 22 nitrogen and oxygen atoms in total. The van der Waals surface area contributed by atoms with Crippen molar-refractivity contribution >= 4 is 161 Å². The minimum absolute atomic E-state index is 0.00796. The number of nitrogens with two attached hydrogens (primary N) is 2. The van der Waals surface area contributed by atoms with Crippen molar-refractivity contribution in [1.29, 1.82) is 0 Å². The zero-order valence-corrected chi connectivity index (χ0v) is 74.1. The Bertz CT molecular complexity index is 2820. The van der Waals surface area contributed by atoms with E-state index >= 15 is 0 Å². The largest absolute Gasteiger partial charge is 0.481 e. The van der Waals surface area contributed by atoms with E-state index in [0.29, 0.717) is 76.7 Å². The molecule has 0 aromatic rings. The molecule has 7 fully saturated rings. The summed E-state index contributed by atoms with van der Waals surface area (Å²) in [5.41, 5.74) is 11.6. The second-order valence-electron chi connectivity index (χ2n) is 27.8. The first-order valence-corrected chi connectivity index (χ1v) is 45.5. The molecule has 0 bridgehead atoms. The number of carboxylic acids is 7. The van der Waals surface area contributed by atoms with Crippen molar-refractivity contribution < 1.29 is 94.1 Å². The minimum Gasteiger partial charge on any atom is -0.481 e. The molecule has 0 radical (unpaired) electrons. The number of aliphatic hydroxyl groups is 3. The molecule has 7 aliphatic heterocycles. The molecule has 0 aromatic carbocycles. The number of hydrogen-bond donors (Lipinski definition) is 15. The molecule has 114 heavy (non-hydrogen) atoms. The van der Waals surface area contributed by atoms with E-state index in [1.807, 2.05) is 60.8 Å². The van der Waals surface area contributed by atoms with Crippen LogP contribution in [0.1, 0.15) is 97.3 Å². The Kier molecular flexibility index (Phi) is 50.6. The Morgan fingerprint density at radius 1 is 0.447 bits per heavy atom. The third-order valence-electron chi connectivity index (χ3n) is 20.7. The average Bonchev–Trinajstić information content (AvgIpc) is 1.61. The maximum absolute atomic E-state index is 10.9. The highest BCUT2D eigenvalue weighted by atomic mass is 32.2. The van der Waals surface area contributed by atoms with Gasteiger partial charge in [0.15, 0.2) is 6.10 Å². The van der Waals surface area contributed by atoms with E-state index in [0.717, 1.165) is 44.9 Å². The van der Waals surface area contributed by atoms with Gasteiger partial charge in [-0.1, -0.05) is 85.1 Å². The van der Waals surface area contributed by atoms with E-state index < -0.39 is 75.3 Å². The lowest BCUT2D eigenvalue weighted by Gasteiger charge is -2.37. The molecule has 642 valence electrons. The summed E-state index contributed by atoms with van der Waals surface area (Å²) in [5.74, 6) is -3.56. The van der Waals surface area contributed by atoms with Gasteiger partial charge in [0.05, 0.1) is 40.6 Å². The van der Waals surface area contributed by atoms with Crippen LogP contribution in [0.5, 0.6) is 0 Å². The molecule has 7 rings (SSSR count). The number of ether oxygens (including phenoxy) is 2. The van der Waals surface area contributed by atoms with Crippen LogP contribution in [-0.4, -0.2) is 232 Å². The average molecular weight is 1780 g/mol. The van der Waals surface area contributed by atoms with Gasteiger partial charge in [-0.25, -0.2) is 9.59 Å². The third-order valence-corrected chi connectivity index (χ3v) is 36.5. The van der Waals surface area contributed by atoms with Gasteiger partial charge >= 0.3 is 41.8 Å². The number of aliphatic carboxylic acids is 7. The minimum atomic E-state index is -1.04. The summed E-state index contributed by atoms with van der Waals surface area (Å²) in [7, 11) is 0. The summed E-state index contributed by atoms with van der Waals surface area (Å²) in [5, 5.41) is 95.3. The number of rotatable bonds is 42. The van der Waals surface area contributed by atoms with E-state index in [-0.39, 0.29) is 108 Å². The summed E-state index contributed by atoms with van der Waals surface area (Å²) < 4.78 is 10.2. The summed E-state index contributed by atoms with van der Waals surface area (Å²) in [4.78, 5) is 72.4. The van der Waals surface area contributed by atoms with Crippen LogP contribution in [0.4, 0.5) is 0 Å². The predicted molar refractivity (Wildman–Crippen MR) is 488 cm³/mol. The number of carbonyl (C=O) groups is 7. The quantitative estimate of drug-likeness (QED) is 0.0199. The molecule has 7 aliphatic rings. The molecule has 0 amide bonds. The monoisotopic (exact) mass is 1780 g/mol. The molecule has 15 N–H and O–H groups in total. The van der Waals surface area contributed by atoms with Gasteiger partial charge in [-0.05, 0) is 95.8 Å². The number of nitrogens with one attached hydrogen (secondary N) is 1. The number of carboxylic acid groups (broad SMARTS) is 7. The highest BCUT2D eigenvalue weighted by Crippen LogP contribution is 2.58. The van der Waals surface area contributed by atoms with Gasteiger partial charge in [-0.15, -0.1) is 186 Å². The van der Waals surface area contributed by atoms with Gasteiger partial charge < -0.3 is 72.0 Å². The molecule has 32 heteroatoms. The van der Waals surface area contributed by atoms with Gasteiger partial charge in [-0.2, -0.15) is 25.3 Å². The Morgan fingerprint density at radius 3 is 1.20 bits per heavy atom. The predicted octanol–water partition coefficient (Wildman–Crippen LogP) is 14.2. The number of allylic oxidation sites excluding steroid dienone is 4. The second-order valence-corrected chi connectivity index (χ2v) is 41.1. The fraction of sp³-hybridized carbons (Fsp3) is 0.573. The lowest BCUT2D eigenvalue weighted by atomic mass is 9.84. The van der Waals surface area contributed by atoms with Crippen LogP contribution in [0.2, 0.25) is 0 Å². The van der Waals surface area contributed by atoms with Crippen LogP contribution < -0.4 is 16.8 Å². The molecule has 23 atom stereocenters. The molecule has 0 aromatic heterocycles. The van der Waals surface area contributed by atoms with Crippen LogP contribution in [0.3, 0.4) is 0 Å². The lowest BCUT2D eigenvalue weighted by Crippen LogP contribution is -2.52. The van der Waals surface area contributed by atoms with E-state index in [9.17, 15) is 48.9 Å². The van der Waals surface area contributed by atoms with Crippen LogP contribution in [0.25, 0.3) is 0 Å². The molecule has 0 spiro atoms. The Balaban J connectivity index is 0.000000665. The highest BCUT2D eigenvalue weighted by Gasteiger charge is 2.54. The van der Waals surface area contributed by atoms with Crippen LogP contribution in [0, 0.1) is 41.4 Å². The zero-order valence-electron chi connectivity index (χ0n) is 65.7. The van der Waals surface area contributed by atoms with Gasteiger partial charge in [-0.3, -0.25) is 29.3 Å². The molecule has 7 saturated heterocycles. The lowest BCUT2D eigenvalue weighted by molar-refractivity contribution is -0.163. The van der Waals surface area contributed by atoms with E-state index in [1.54, 1.807) is 90.0 Å². The normalized spacial score (nSPS) is 33.8. The molecule has 0 saturated carbocycles. The van der Waals surface area contributed by atoms with Gasteiger partial charge in [0.2, 0.25) is 0 Å². The smallest absolute Gasteiger partial charge is 0.332 e. The van der Waals surface area contributed by atoms with E-state index in [4.69, 9.17) is 56.7 Å². The van der Waals surface area contributed by atoms with E-state index in [1.165, 1.54) is 42.2 Å². The molecule has 14 unspecified atom stereocenters. The SMILES string of the molecule is C=CC1CC(C=C)[C@@](O[C@@H](C)C(=O)O)([C@H](C)O)S1.C=CC1CC(C=C)[C@](CN)(CCC(=O)O)S1.C=CC1CC(C=C)[C@](CN)(NCC(=O)O)S1.C=CC1CC(C=C)[C@](CO)(CCC(=O)O)S1.C=CC1CC(C=C)[C@](CO)(OCC(=O)O)S1.C=CC1CC(C=C)[C@](CS)(CCC(=O)O)S1.C=CC1CC(C=C)[C@](CS)(SCC(=O)O)S1. The number of aliphatic hydroxyl groups excluding tert-OH is 3. The summed E-state index contributed by atoms with van der Waals surface area (Å²) in [6.45, 7) is 56.1. The van der Waals surface area contributed by atoms with Crippen molar-refractivity contribution in [2.24, 2.45) is 52.9 Å². The maximum atomic E-state index is 10.9. The van der Waals surface area contributed by atoms with Crippen molar-refractivity contribution in [1.82, 2.24) is 5.32 Å². The van der Waals surface area contributed by atoms with Crippen molar-refractivity contribution in [3.05, 3.63) is 177 Å². The molecule has 7 heterocycles. The zero-order chi connectivity index (χ0) is 87.0. The molecular formula is C82H125N3O19S10. The van der Waals surface area contributed by atoms with Gasteiger partial charge in [0, 0.05) is 119 Å². The van der Waals surface area contributed by atoms with Gasteiger partial charge in [0.25, 0.3) is 0 Å². The highest BCUT2D eigenvalue weighted by molar-refractivity contribution is 8.19. The first-order chi connectivity index (χ1) is 53.8.